The summed E-state index contributed by atoms with van der Waals surface area (Å²) in [5, 5.41) is 0.295. The maximum Gasteiger partial charge on any atom is 0.218 e. The fourth-order valence-corrected chi connectivity index (χ4v) is 3.69. The van der Waals surface area contributed by atoms with Crippen LogP contribution < -0.4 is 0 Å². The number of rotatable bonds is 0. The number of ketones is 3. The van der Waals surface area contributed by atoms with Gasteiger partial charge in [0.25, 0.3) is 0 Å². The molecule has 3 heterocycles. The van der Waals surface area contributed by atoms with Crippen LogP contribution in [0, 0.1) is 5.92 Å². The Morgan fingerprint density at radius 1 is 1.24 bits per heavy atom. The first-order chi connectivity index (χ1) is 10.0. The van der Waals surface area contributed by atoms with E-state index in [1.54, 1.807) is 6.08 Å². The second-order valence-electron chi connectivity index (χ2n) is 5.73. The second kappa shape index (κ2) is 4.31. The monoisotopic (exact) mass is 305 g/mol. The topological polar surface area (TPSA) is 63.7 Å². The van der Waals surface area contributed by atoms with Crippen molar-refractivity contribution in [3.63, 3.8) is 0 Å². The number of allylic oxidation sites excluding steroid dienone is 3. The summed E-state index contributed by atoms with van der Waals surface area (Å²) in [6.45, 7) is 0.648. The van der Waals surface area contributed by atoms with Gasteiger partial charge in [-0.25, -0.2) is 0 Å². The zero-order valence-electron chi connectivity index (χ0n) is 11.1. The van der Waals surface area contributed by atoms with E-state index in [4.69, 9.17) is 16.3 Å². The summed E-state index contributed by atoms with van der Waals surface area (Å²) in [5.74, 6) is -0.899. The van der Waals surface area contributed by atoms with E-state index in [-0.39, 0.29) is 25.2 Å². The molecule has 6 heteroatoms. The maximum absolute atomic E-state index is 12.1. The fraction of sp³-hybridized carbons (Fsp3) is 0.400. The van der Waals surface area contributed by atoms with E-state index in [1.807, 2.05) is 4.90 Å². The van der Waals surface area contributed by atoms with Crippen molar-refractivity contribution in [1.29, 1.82) is 0 Å². The molecule has 0 aromatic heterocycles. The lowest BCUT2D eigenvalue weighted by Gasteiger charge is -2.43. The van der Waals surface area contributed by atoms with Crippen molar-refractivity contribution in [2.45, 2.75) is 19.3 Å². The molecule has 3 aliphatic heterocycles. The number of halogens is 1. The van der Waals surface area contributed by atoms with Crippen LogP contribution in [0.15, 0.2) is 33.9 Å². The molecular formula is C15H12ClNO4. The van der Waals surface area contributed by atoms with Crippen molar-refractivity contribution in [3.05, 3.63) is 33.9 Å². The Kier molecular flexibility index (Phi) is 2.63. The fourth-order valence-electron chi connectivity index (χ4n) is 3.54. The molecular weight excluding hydrogens is 294 g/mol. The van der Waals surface area contributed by atoms with E-state index in [1.165, 1.54) is 0 Å². The molecule has 1 fully saturated rings. The van der Waals surface area contributed by atoms with Gasteiger partial charge in [-0.1, -0.05) is 0 Å². The first kappa shape index (κ1) is 12.8. The molecule has 21 heavy (non-hydrogen) atoms. The molecule has 108 valence electrons. The minimum Gasteiger partial charge on any atom is -0.445 e. The number of fused-ring (bicyclic) bond motifs is 1. The van der Waals surface area contributed by atoms with Crippen molar-refractivity contribution in [2.75, 3.05) is 13.1 Å². The lowest BCUT2D eigenvalue weighted by atomic mass is 9.76. The van der Waals surface area contributed by atoms with Gasteiger partial charge in [-0.05, 0) is 29.7 Å². The number of piperidine rings is 1. The summed E-state index contributed by atoms with van der Waals surface area (Å²) in [6.07, 6.45) is 2.77. The SMILES string of the molecule is O=C1CC2=C3C(C1)C(=O)C(=O)CN3CC1=C2OC(Cl)=CC1. The molecule has 0 amide bonds. The highest BCUT2D eigenvalue weighted by atomic mass is 35.5. The van der Waals surface area contributed by atoms with Gasteiger partial charge in [0.1, 0.15) is 11.5 Å². The molecule has 0 N–H and O–H groups in total. The van der Waals surface area contributed by atoms with E-state index >= 15 is 0 Å². The Labute approximate surface area is 125 Å². The zero-order chi connectivity index (χ0) is 14.7. The third kappa shape index (κ3) is 1.80. The predicted octanol–water partition coefficient (Wildman–Crippen LogP) is 1.44. The van der Waals surface area contributed by atoms with Crippen molar-refractivity contribution in [2.24, 2.45) is 5.92 Å². The maximum atomic E-state index is 12.1. The Balaban J connectivity index is 1.87. The standard InChI is InChI=1S/C15H12ClNO4/c16-12-2-1-7-5-17-6-11(19)14(20)9-3-8(18)4-10(13(9)17)15(7)21-12/h2,9H,1,3-6H2. The first-order valence-electron chi connectivity index (χ1n) is 6.87. The first-order valence-corrected chi connectivity index (χ1v) is 7.25. The van der Waals surface area contributed by atoms with Gasteiger partial charge in [0.05, 0.1) is 12.5 Å². The van der Waals surface area contributed by atoms with Crippen LogP contribution in [0.3, 0.4) is 0 Å². The van der Waals surface area contributed by atoms with Crippen LogP contribution in [-0.4, -0.2) is 35.3 Å². The smallest absolute Gasteiger partial charge is 0.218 e. The summed E-state index contributed by atoms with van der Waals surface area (Å²) in [7, 11) is 0. The average molecular weight is 306 g/mol. The molecule has 0 radical (unpaired) electrons. The van der Waals surface area contributed by atoms with Crippen molar-refractivity contribution < 1.29 is 19.1 Å². The third-order valence-electron chi connectivity index (χ3n) is 4.40. The summed E-state index contributed by atoms with van der Waals surface area (Å²) < 4.78 is 5.61. The number of hydrogen-bond acceptors (Lipinski definition) is 5. The van der Waals surface area contributed by atoms with Gasteiger partial charge < -0.3 is 9.64 Å². The zero-order valence-corrected chi connectivity index (χ0v) is 11.9. The van der Waals surface area contributed by atoms with Gasteiger partial charge in [0.2, 0.25) is 11.6 Å². The highest BCUT2D eigenvalue weighted by Crippen LogP contribution is 2.44. The van der Waals surface area contributed by atoms with E-state index in [0.29, 0.717) is 23.9 Å². The predicted molar refractivity (Wildman–Crippen MR) is 73.0 cm³/mol. The largest absolute Gasteiger partial charge is 0.445 e. The number of ether oxygens (including phenoxy) is 1. The molecule has 0 spiro atoms. The molecule has 0 bridgehead atoms. The van der Waals surface area contributed by atoms with Gasteiger partial charge in [0, 0.05) is 30.7 Å². The summed E-state index contributed by atoms with van der Waals surface area (Å²) >= 11 is 5.94. The highest BCUT2D eigenvalue weighted by Gasteiger charge is 2.46. The van der Waals surface area contributed by atoms with Crippen LogP contribution in [0.4, 0.5) is 0 Å². The lowest BCUT2D eigenvalue weighted by Crippen LogP contribution is -2.50. The van der Waals surface area contributed by atoms with Crippen molar-refractivity contribution in [3.8, 4) is 0 Å². The minimum absolute atomic E-state index is 0.0372. The van der Waals surface area contributed by atoms with Crippen LogP contribution in [0.25, 0.3) is 0 Å². The van der Waals surface area contributed by atoms with E-state index in [0.717, 1.165) is 16.8 Å². The van der Waals surface area contributed by atoms with Gasteiger partial charge in [-0.3, -0.25) is 14.4 Å². The number of hydrogen-bond donors (Lipinski definition) is 0. The quantitative estimate of drug-likeness (QED) is 0.634. The minimum atomic E-state index is -0.634. The molecule has 1 saturated heterocycles. The summed E-state index contributed by atoms with van der Waals surface area (Å²) in [4.78, 5) is 37.9. The summed E-state index contributed by atoms with van der Waals surface area (Å²) in [6, 6.07) is 0. The molecule has 0 aromatic carbocycles. The van der Waals surface area contributed by atoms with Gasteiger partial charge in [0.15, 0.2) is 5.22 Å². The number of nitrogens with zero attached hydrogens (tertiary/aromatic N) is 1. The van der Waals surface area contributed by atoms with E-state index in [9.17, 15) is 14.4 Å². The van der Waals surface area contributed by atoms with Crippen LogP contribution in [-0.2, 0) is 19.1 Å². The molecule has 1 aliphatic carbocycles. The van der Waals surface area contributed by atoms with Gasteiger partial charge in [-0.15, -0.1) is 0 Å². The van der Waals surface area contributed by atoms with Crippen LogP contribution in [0.1, 0.15) is 19.3 Å². The van der Waals surface area contributed by atoms with Crippen LogP contribution >= 0.6 is 11.6 Å². The molecule has 1 unspecified atom stereocenters. The number of Topliss-reactive ketones (excluding diaryl/α,β-unsaturated/α-hetero) is 3. The normalized spacial score (nSPS) is 28.2. The molecule has 0 saturated carbocycles. The Hall–Kier alpha value is -1.88. The molecule has 4 aliphatic rings. The third-order valence-corrected chi connectivity index (χ3v) is 4.63. The van der Waals surface area contributed by atoms with Crippen molar-refractivity contribution >= 4 is 29.0 Å². The number of carbonyl (C=O) groups excluding carboxylic acids is 3. The molecule has 4 rings (SSSR count). The average Bonchev–Trinajstić information content (AvgIpc) is 2.45. The Bertz CT molecular complexity index is 700. The Morgan fingerprint density at radius 2 is 2.05 bits per heavy atom. The number of carbonyl (C=O) groups is 3. The second-order valence-corrected chi connectivity index (χ2v) is 6.10. The van der Waals surface area contributed by atoms with E-state index < -0.39 is 17.5 Å². The summed E-state index contributed by atoms with van der Waals surface area (Å²) in [5.41, 5.74) is 2.54. The lowest BCUT2D eigenvalue weighted by molar-refractivity contribution is -0.142. The van der Waals surface area contributed by atoms with E-state index in [2.05, 4.69) is 0 Å². The van der Waals surface area contributed by atoms with Gasteiger partial charge >= 0.3 is 0 Å². The molecule has 1 atom stereocenters. The van der Waals surface area contributed by atoms with Crippen molar-refractivity contribution in [1.82, 2.24) is 4.90 Å². The van der Waals surface area contributed by atoms with Gasteiger partial charge in [-0.2, -0.15) is 0 Å². The molecule has 0 aromatic rings. The molecule has 5 nitrogen and oxygen atoms in total. The van der Waals surface area contributed by atoms with Crippen LogP contribution in [0.2, 0.25) is 0 Å². The highest BCUT2D eigenvalue weighted by molar-refractivity contribution is 6.40. The van der Waals surface area contributed by atoms with Crippen LogP contribution in [0.5, 0.6) is 0 Å². The Morgan fingerprint density at radius 3 is 2.86 bits per heavy atom.